The summed E-state index contributed by atoms with van der Waals surface area (Å²) in [5, 5.41) is 12.8. The molecule has 1 unspecified atom stereocenters. The summed E-state index contributed by atoms with van der Waals surface area (Å²) in [7, 11) is 0. The van der Waals surface area contributed by atoms with E-state index in [-0.39, 0.29) is 12.4 Å². The van der Waals surface area contributed by atoms with Crippen molar-refractivity contribution in [3.63, 3.8) is 0 Å². The topological polar surface area (TPSA) is 68.5 Å². The molecule has 1 saturated heterocycles. The average Bonchev–Trinajstić information content (AvgIpc) is 3.51. The summed E-state index contributed by atoms with van der Waals surface area (Å²) in [6.45, 7) is 7.71. The van der Waals surface area contributed by atoms with Gasteiger partial charge >= 0.3 is 0 Å². The number of hydrogen-bond donors (Lipinski definition) is 0. The molecule has 5 rings (SSSR count). The Kier molecular flexibility index (Phi) is 6.75. The molecule has 0 N–H and O–H groups in total. The molecule has 2 fully saturated rings. The van der Waals surface area contributed by atoms with Gasteiger partial charge in [0.1, 0.15) is 0 Å². The first-order chi connectivity index (χ1) is 14.3. The molecule has 0 spiro atoms. The number of aromatic nitrogens is 4. The number of tetrazole rings is 1. The third kappa shape index (κ3) is 4.26. The van der Waals surface area contributed by atoms with E-state index in [0.717, 1.165) is 56.5 Å². The van der Waals surface area contributed by atoms with Crippen LogP contribution in [0.2, 0.25) is 0 Å². The molecule has 1 aromatic heterocycles. The lowest BCUT2D eigenvalue weighted by molar-refractivity contribution is 0.0833. The molecule has 30 heavy (non-hydrogen) atoms. The predicted octanol–water partition coefficient (Wildman–Crippen LogP) is 3.21. The Morgan fingerprint density at radius 1 is 1.07 bits per heavy atom. The third-order valence-electron chi connectivity index (χ3n) is 6.56. The van der Waals surface area contributed by atoms with E-state index in [1.807, 2.05) is 6.07 Å². The standard InChI is InChI=1S/C21H30N6O2.ClH/c1-2-18(21-22-23-24-27(21)17-5-3-4-6-17)26-11-9-25(10-12-26)14-16-7-8-19-20(13-16)29-15-28-19;/h7-8,13,17-18H,2-6,9-12,14-15H2,1H3;1H. The van der Waals surface area contributed by atoms with E-state index in [0.29, 0.717) is 18.9 Å². The van der Waals surface area contributed by atoms with Crippen LogP contribution in [-0.4, -0.2) is 63.0 Å². The molecule has 164 valence electrons. The molecule has 8 nitrogen and oxygen atoms in total. The van der Waals surface area contributed by atoms with E-state index < -0.39 is 0 Å². The van der Waals surface area contributed by atoms with Gasteiger partial charge in [-0.3, -0.25) is 9.80 Å². The van der Waals surface area contributed by atoms with Crippen molar-refractivity contribution >= 4 is 12.4 Å². The normalized spacial score (nSPS) is 21.0. The van der Waals surface area contributed by atoms with Crippen LogP contribution in [0.4, 0.5) is 0 Å². The smallest absolute Gasteiger partial charge is 0.231 e. The third-order valence-corrected chi connectivity index (χ3v) is 6.56. The van der Waals surface area contributed by atoms with Crippen molar-refractivity contribution in [2.75, 3.05) is 33.0 Å². The molecular formula is C21H31ClN6O2. The summed E-state index contributed by atoms with van der Waals surface area (Å²) < 4.78 is 13.1. The highest BCUT2D eigenvalue weighted by molar-refractivity contribution is 5.85. The predicted molar refractivity (Wildman–Crippen MR) is 115 cm³/mol. The van der Waals surface area contributed by atoms with Crippen LogP contribution in [0.1, 0.15) is 62.5 Å². The summed E-state index contributed by atoms with van der Waals surface area (Å²) in [6, 6.07) is 7.06. The van der Waals surface area contributed by atoms with Crippen LogP contribution in [0.25, 0.3) is 0 Å². The molecule has 0 radical (unpaired) electrons. The highest BCUT2D eigenvalue weighted by Crippen LogP contribution is 2.34. The zero-order valence-electron chi connectivity index (χ0n) is 17.6. The maximum Gasteiger partial charge on any atom is 0.231 e. The van der Waals surface area contributed by atoms with Gasteiger partial charge in [0.05, 0.1) is 12.1 Å². The molecule has 0 amide bonds. The summed E-state index contributed by atoms with van der Waals surface area (Å²) in [5.74, 6) is 2.78. The number of ether oxygens (including phenoxy) is 2. The number of fused-ring (bicyclic) bond motifs is 1. The zero-order valence-corrected chi connectivity index (χ0v) is 18.4. The molecule has 3 aliphatic rings. The fourth-order valence-corrected chi connectivity index (χ4v) is 4.96. The van der Waals surface area contributed by atoms with Gasteiger partial charge in [0, 0.05) is 32.7 Å². The minimum atomic E-state index is 0. The van der Waals surface area contributed by atoms with Gasteiger partial charge in [0.25, 0.3) is 0 Å². The van der Waals surface area contributed by atoms with Gasteiger partial charge in [-0.05, 0) is 47.4 Å². The van der Waals surface area contributed by atoms with E-state index in [4.69, 9.17) is 9.47 Å². The van der Waals surface area contributed by atoms with Crippen LogP contribution in [-0.2, 0) is 6.54 Å². The second-order valence-corrected chi connectivity index (χ2v) is 8.34. The van der Waals surface area contributed by atoms with Crippen molar-refractivity contribution in [3.8, 4) is 11.5 Å². The molecule has 3 heterocycles. The highest BCUT2D eigenvalue weighted by atomic mass is 35.5. The summed E-state index contributed by atoms with van der Waals surface area (Å²) in [5.41, 5.74) is 1.28. The molecule has 0 bridgehead atoms. The van der Waals surface area contributed by atoms with Gasteiger partial charge in [-0.25, -0.2) is 4.68 Å². The number of benzene rings is 1. The summed E-state index contributed by atoms with van der Waals surface area (Å²) in [6.07, 6.45) is 6.03. The van der Waals surface area contributed by atoms with Crippen molar-refractivity contribution in [2.24, 2.45) is 0 Å². The van der Waals surface area contributed by atoms with E-state index in [2.05, 4.69) is 49.1 Å². The van der Waals surface area contributed by atoms with Crippen LogP contribution in [0.15, 0.2) is 18.2 Å². The van der Waals surface area contributed by atoms with Crippen molar-refractivity contribution in [3.05, 3.63) is 29.6 Å². The Labute approximate surface area is 183 Å². The fraction of sp³-hybridized carbons (Fsp3) is 0.667. The lowest BCUT2D eigenvalue weighted by Crippen LogP contribution is -2.47. The molecule has 9 heteroatoms. The van der Waals surface area contributed by atoms with Crippen molar-refractivity contribution < 1.29 is 9.47 Å². The molecule has 1 saturated carbocycles. The molecule has 1 atom stereocenters. The maximum atomic E-state index is 5.52. The van der Waals surface area contributed by atoms with E-state index in [9.17, 15) is 0 Å². The van der Waals surface area contributed by atoms with Gasteiger partial charge in [-0.15, -0.1) is 17.5 Å². The average molecular weight is 435 g/mol. The van der Waals surface area contributed by atoms with Crippen molar-refractivity contribution in [1.29, 1.82) is 0 Å². The van der Waals surface area contributed by atoms with Gasteiger partial charge in [-0.1, -0.05) is 25.8 Å². The van der Waals surface area contributed by atoms with E-state index in [1.165, 1.54) is 31.2 Å². The van der Waals surface area contributed by atoms with Crippen LogP contribution >= 0.6 is 12.4 Å². The Balaban J connectivity index is 0.00000218. The van der Waals surface area contributed by atoms with Crippen LogP contribution < -0.4 is 9.47 Å². The first kappa shape index (κ1) is 21.3. The SMILES string of the molecule is CCC(c1nnnn1C1CCCC1)N1CCN(Cc2ccc3c(c2)OCO3)CC1.Cl. The Morgan fingerprint density at radius 2 is 1.83 bits per heavy atom. The maximum absolute atomic E-state index is 5.52. The van der Waals surface area contributed by atoms with Crippen molar-refractivity contribution in [2.45, 2.75) is 57.7 Å². The van der Waals surface area contributed by atoms with E-state index in [1.54, 1.807) is 0 Å². The first-order valence-corrected chi connectivity index (χ1v) is 10.9. The Bertz CT molecular complexity index is 833. The van der Waals surface area contributed by atoms with Crippen molar-refractivity contribution in [1.82, 2.24) is 30.0 Å². The lowest BCUT2D eigenvalue weighted by atomic mass is 10.1. The molecular weight excluding hydrogens is 404 g/mol. The van der Waals surface area contributed by atoms with Gasteiger partial charge in [0.15, 0.2) is 17.3 Å². The monoisotopic (exact) mass is 434 g/mol. The quantitative estimate of drug-likeness (QED) is 0.691. The zero-order chi connectivity index (χ0) is 19.6. The molecule has 1 aromatic carbocycles. The Morgan fingerprint density at radius 3 is 2.60 bits per heavy atom. The summed E-state index contributed by atoms with van der Waals surface area (Å²) in [4.78, 5) is 5.08. The lowest BCUT2D eigenvalue weighted by Gasteiger charge is -2.38. The number of nitrogens with zero attached hydrogens (tertiary/aromatic N) is 6. The van der Waals surface area contributed by atoms with E-state index >= 15 is 0 Å². The number of hydrogen-bond acceptors (Lipinski definition) is 7. The number of halogens is 1. The van der Waals surface area contributed by atoms with Crippen LogP contribution in [0, 0.1) is 0 Å². The Hall–Kier alpha value is -1.90. The van der Waals surface area contributed by atoms with Gasteiger partial charge in [0.2, 0.25) is 6.79 Å². The fourth-order valence-electron chi connectivity index (χ4n) is 4.96. The van der Waals surface area contributed by atoms with Crippen LogP contribution in [0.5, 0.6) is 11.5 Å². The second-order valence-electron chi connectivity index (χ2n) is 8.34. The van der Waals surface area contributed by atoms with Gasteiger partial charge in [-0.2, -0.15) is 0 Å². The number of rotatable bonds is 6. The first-order valence-electron chi connectivity index (χ1n) is 10.9. The minimum absolute atomic E-state index is 0. The number of piperazine rings is 1. The van der Waals surface area contributed by atoms with Crippen LogP contribution in [0.3, 0.4) is 0 Å². The summed E-state index contributed by atoms with van der Waals surface area (Å²) >= 11 is 0. The molecule has 2 aromatic rings. The largest absolute Gasteiger partial charge is 0.454 e. The second kappa shape index (κ2) is 9.49. The highest BCUT2D eigenvalue weighted by Gasteiger charge is 2.30. The minimum Gasteiger partial charge on any atom is -0.454 e. The van der Waals surface area contributed by atoms with Gasteiger partial charge < -0.3 is 9.47 Å². The molecule has 2 aliphatic heterocycles. The molecule has 1 aliphatic carbocycles.